The van der Waals surface area contributed by atoms with Gasteiger partial charge in [-0.2, -0.15) is 0 Å². The zero-order chi connectivity index (χ0) is 15.5. The molecule has 21 heavy (non-hydrogen) atoms. The van der Waals surface area contributed by atoms with Crippen LogP contribution in [0.1, 0.15) is 52.0 Å². The quantitative estimate of drug-likeness (QED) is 0.804. The highest BCUT2D eigenvalue weighted by molar-refractivity contribution is 6.30. The molecule has 1 aliphatic rings. The number of hydrogen-bond acceptors (Lipinski definition) is 1. The summed E-state index contributed by atoms with van der Waals surface area (Å²) in [5, 5.41) is 4.24. The van der Waals surface area contributed by atoms with Gasteiger partial charge in [0.15, 0.2) is 0 Å². The molecule has 3 heteroatoms. The van der Waals surface area contributed by atoms with Crippen LogP contribution in [0.15, 0.2) is 18.2 Å². The van der Waals surface area contributed by atoms with Crippen molar-refractivity contribution in [2.75, 3.05) is 6.54 Å². The molecular formula is C18H27ClFN. The Morgan fingerprint density at radius 3 is 2.52 bits per heavy atom. The van der Waals surface area contributed by atoms with Crippen molar-refractivity contribution in [1.82, 2.24) is 5.32 Å². The molecule has 0 aromatic heterocycles. The van der Waals surface area contributed by atoms with Crippen LogP contribution in [0.4, 0.5) is 4.39 Å². The van der Waals surface area contributed by atoms with Gasteiger partial charge >= 0.3 is 0 Å². The molecule has 0 heterocycles. The first kappa shape index (κ1) is 16.8. The summed E-state index contributed by atoms with van der Waals surface area (Å²) in [6, 6.07) is 4.91. The van der Waals surface area contributed by atoms with Crippen LogP contribution < -0.4 is 5.32 Å². The lowest BCUT2D eigenvalue weighted by Crippen LogP contribution is -2.41. The van der Waals surface area contributed by atoms with E-state index >= 15 is 0 Å². The van der Waals surface area contributed by atoms with Gasteiger partial charge in [-0.15, -0.1) is 0 Å². The second-order valence-electron chi connectivity index (χ2n) is 7.38. The average Bonchev–Trinajstić information content (AvgIpc) is 2.41. The summed E-state index contributed by atoms with van der Waals surface area (Å²) in [6.45, 7) is 7.61. The van der Waals surface area contributed by atoms with Gasteiger partial charge in [-0.1, -0.05) is 24.4 Å². The van der Waals surface area contributed by atoms with Crippen LogP contribution in [0.5, 0.6) is 0 Å². The molecular weight excluding hydrogens is 285 g/mol. The zero-order valence-electron chi connectivity index (χ0n) is 13.4. The lowest BCUT2D eigenvalue weighted by Gasteiger charge is -2.34. The molecule has 0 radical (unpaired) electrons. The molecule has 0 amide bonds. The van der Waals surface area contributed by atoms with Crippen molar-refractivity contribution in [3.8, 4) is 0 Å². The third-order valence-corrected chi connectivity index (χ3v) is 4.69. The van der Waals surface area contributed by atoms with Crippen LogP contribution in [0.2, 0.25) is 5.02 Å². The third kappa shape index (κ3) is 5.27. The van der Waals surface area contributed by atoms with E-state index in [4.69, 9.17) is 11.6 Å². The molecule has 1 nitrogen and oxygen atoms in total. The van der Waals surface area contributed by atoms with E-state index in [9.17, 15) is 4.39 Å². The smallest absolute Gasteiger partial charge is 0.126 e. The maximum atomic E-state index is 14.0. The largest absolute Gasteiger partial charge is 0.312 e. The molecule has 1 aromatic carbocycles. The van der Waals surface area contributed by atoms with E-state index in [0.717, 1.165) is 18.5 Å². The maximum Gasteiger partial charge on any atom is 0.126 e. The van der Waals surface area contributed by atoms with Crippen molar-refractivity contribution in [3.05, 3.63) is 34.6 Å². The van der Waals surface area contributed by atoms with Gasteiger partial charge in [0.2, 0.25) is 0 Å². The molecule has 1 aromatic rings. The van der Waals surface area contributed by atoms with Gasteiger partial charge in [0, 0.05) is 10.6 Å². The Labute approximate surface area is 133 Å². The minimum absolute atomic E-state index is 0.118. The highest BCUT2D eigenvalue weighted by atomic mass is 35.5. The molecule has 1 aliphatic carbocycles. The molecule has 0 spiro atoms. The summed E-state index contributed by atoms with van der Waals surface area (Å²) in [7, 11) is 0. The van der Waals surface area contributed by atoms with Crippen molar-refractivity contribution in [2.45, 2.75) is 58.4 Å². The molecule has 118 valence electrons. The molecule has 1 N–H and O–H groups in total. The van der Waals surface area contributed by atoms with Crippen molar-refractivity contribution in [1.29, 1.82) is 0 Å². The predicted octanol–water partition coefficient (Wildman–Crippen LogP) is 5.22. The van der Waals surface area contributed by atoms with Gasteiger partial charge in [0.05, 0.1) is 0 Å². The van der Waals surface area contributed by atoms with Gasteiger partial charge in [0.25, 0.3) is 0 Å². The number of benzene rings is 1. The van der Waals surface area contributed by atoms with E-state index in [2.05, 4.69) is 26.1 Å². The number of halogens is 2. The Kier molecular flexibility index (Phi) is 5.67. The monoisotopic (exact) mass is 311 g/mol. The Morgan fingerprint density at radius 2 is 1.86 bits per heavy atom. The number of nitrogens with one attached hydrogen (secondary N) is 1. The van der Waals surface area contributed by atoms with Crippen LogP contribution in [-0.4, -0.2) is 12.1 Å². The van der Waals surface area contributed by atoms with Crippen molar-refractivity contribution in [2.24, 2.45) is 11.8 Å². The first-order valence-electron chi connectivity index (χ1n) is 8.04. The molecule has 0 saturated heterocycles. The predicted molar refractivity (Wildman–Crippen MR) is 88.3 cm³/mol. The lowest BCUT2D eigenvalue weighted by molar-refractivity contribution is 0.212. The standard InChI is InChI=1S/C18H27ClFN/c1-18(2,3)21-12-14-7-5-4-6-13(14)10-15-11-16(19)8-9-17(15)20/h8-9,11,13-14,21H,4-7,10,12H2,1-3H3. The maximum absolute atomic E-state index is 14.0. The normalized spacial score (nSPS) is 23.3. The SMILES string of the molecule is CC(C)(C)NCC1CCCCC1Cc1cc(Cl)ccc1F. The summed E-state index contributed by atoms with van der Waals surface area (Å²) in [6.07, 6.45) is 5.81. The van der Waals surface area contributed by atoms with E-state index in [1.165, 1.54) is 31.7 Å². The Morgan fingerprint density at radius 1 is 1.19 bits per heavy atom. The summed E-state index contributed by atoms with van der Waals surface area (Å²) < 4.78 is 14.0. The first-order chi connectivity index (χ1) is 9.85. The van der Waals surface area contributed by atoms with E-state index in [-0.39, 0.29) is 11.4 Å². The van der Waals surface area contributed by atoms with E-state index < -0.39 is 0 Å². The fourth-order valence-corrected chi connectivity index (χ4v) is 3.44. The van der Waals surface area contributed by atoms with Crippen molar-refractivity contribution >= 4 is 11.6 Å². The molecule has 1 saturated carbocycles. The molecule has 0 bridgehead atoms. The second kappa shape index (κ2) is 7.11. The number of hydrogen-bond donors (Lipinski definition) is 1. The fourth-order valence-electron chi connectivity index (χ4n) is 3.24. The van der Waals surface area contributed by atoms with Gasteiger partial charge in [-0.05, 0) is 82.2 Å². The Bertz CT molecular complexity index is 467. The summed E-state index contributed by atoms with van der Waals surface area (Å²) in [5.41, 5.74) is 0.915. The fraction of sp³-hybridized carbons (Fsp3) is 0.667. The summed E-state index contributed by atoms with van der Waals surface area (Å²) in [4.78, 5) is 0. The van der Waals surface area contributed by atoms with E-state index in [1.807, 2.05) is 0 Å². The van der Waals surface area contributed by atoms with Crippen LogP contribution in [0.25, 0.3) is 0 Å². The Hall–Kier alpha value is -0.600. The highest BCUT2D eigenvalue weighted by Crippen LogP contribution is 2.33. The van der Waals surface area contributed by atoms with Crippen LogP contribution in [0.3, 0.4) is 0 Å². The second-order valence-corrected chi connectivity index (χ2v) is 7.81. The summed E-state index contributed by atoms with van der Waals surface area (Å²) in [5.74, 6) is 1.07. The molecule has 0 aliphatic heterocycles. The van der Waals surface area contributed by atoms with Gasteiger partial charge in [-0.3, -0.25) is 0 Å². The van der Waals surface area contributed by atoms with Crippen molar-refractivity contribution < 1.29 is 4.39 Å². The third-order valence-electron chi connectivity index (χ3n) is 4.45. The van der Waals surface area contributed by atoms with Crippen LogP contribution in [0, 0.1) is 17.7 Å². The Balaban J connectivity index is 2.03. The average molecular weight is 312 g/mol. The van der Waals surface area contributed by atoms with E-state index in [1.54, 1.807) is 12.1 Å². The van der Waals surface area contributed by atoms with E-state index in [0.29, 0.717) is 16.9 Å². The topological polar surface area (TPSA) is 12.0 Å². The lowest BCUT2D eigenvalue weighted by atomic mass is 9.76. The molecule has 2 unspecified atom stereocenters. The minimum Gasteiger partial charge on any atom is -0.312 e. The zero-order valence-corrected chi connectivity index (χ0v) is 14.1. The number of rotatable bonds is 4. The molecule has 2 atom stereocenters. The molecule has 2 rings (SSSR count). The van der Waals surface area contributed by atoms with Crippen LogP contribution in [-0.2, 0) is 6.42 Å². The van der Waals surface area contributed by atoms with Gasteiger partial charge in [-0.25, -0.2) is 4.39 Å². The van der Waals surface area contributed by atoms with Crippen molar-refractivity contribution in [3.63, 3.8) is 0 Å². The van der Waals surface area contributed by atoms with Gasteiger partial charge in [0.1, 0.15) is 5.82 Å². The van der Waals surface area contributed by atoms with Crippen LogP contribution >= 0.6 is 11.6 Å². The minimum atomic E-state index is -0.118. The van der Waals surface area contributed by atoms with Gasteiger partial charge < -0.3 is 5.32 Å². The summed E-state index contributed by atoms with van der Waals surface area (Å²) >= 11 is 6.01. The highest BCUT2D eigenvalue weighted by Gasteiger charge is 2.27. The molecule has 1 fully saturated rings. The first-order valence-corrected chi connectivity index (χ1v) is 8.42.